The van der Waals surface area contributed by atoms with Crippen LogP contribution in [-0.4, -0.2) is 42.2 Å². The molecule has 1 heterocycles. The third-order valence-corrected chi connectivity index (χ3v) is 3.02. The molecule has 1 saturated heterocycles. The molecule has 2 N–H and O–H groups in total. The maximum atomic E-state index is 13.5. The fourth-order valence-electron chi connectivity index (χ4n) is 2.22. The number of aliphatic hydroxyl groups excluding tert-OH is 1. The minimum Gasteiger partial charge on any atom is -0.384 e. The Labute approximate surface area is 117 Å². The second-order valence-corrected chi connectivity index (χ2v) is 4.72. The lowest BCUT2D eigenvalue weighted by Gasteiger charge is -2.18. The normalized spacial score (nSPS) is 16.0. The van der Waals surface area contributed by atoms with Gasteiger partial charge in [0.05, 0.1) is 6.54 Å². The number of rotatable bonds is 2. The molecule has 0 saturated carbocycles. The molecular weight excluding hydrogens is 259 g/mol. The summed E-state index contributed by atoms with van der Waals surface area (Å²) in [5.41, 5.74) is 1.32. The lowest BCUT2D eigenvalue weighted by atomic mass is 10.1. The molecule has 2 rings (SSSR count). The Hall–Kier alpha value is -1.90. The van der Waals surface area contributed by atoms with E-state index in [9.17, 15) is 9.18 Å². The van der Waals surface area contributed by atoms with Crippen LogP contribution in [0.15, 0.2) is 18.2 Å². The summed E-state index contributed by atoms with van der Waals surface area (Å²) in [6, 6.07) is 4.57. The van der Waals surface area contributed by atoms with E-state index in [1.165, 1.54) is 12.1 Å². The summed E-state index contributed by atoms with van der Waals surface area (Å²) >= 11 is 0. The molecule has 20 heavy (non-hydrogen) atoms. The highest BCUT2D eigenvalue weighted by molar-refractivity contribution is 5.78. The zero-order valence-corrected chi connectivity index (χ0v) is 11.2. The van der Waals surface area contributed by atoms with E-state index in [0.29, 0.717) is 25.2 Å². The van der Waals surface area contributed by atoms with Crippen molar-refractivity contribution in [1.29, 1.82) is 0 Å². The number of carbonyl (C=O) groups excluding carboxylic acids is 1. The van der Waals surface area contributed by atoms with Crippen LogP contribution in [0.5, 0.6) is 0 Å². The van der Waals surface area contributed by atoms with Crippen LogP contribution >= 0.6 is 0 Å². The molecule has 1 aliphatic rings. The van der Waals surface area contributed by atoms with Crippen molar-refractivity contribution in [2.24, 2.45) is 0 Å². The highest BCUT2D eigenvalue weighted by Gasteiger charge is 2.15. The quantitative estimate of drug-likeness (QED) is 0.773. The van der Waals surface area contributed by atoms with Crippen molar-refractivity contribution < 1.29 is 14.3 Å². The lowest BCUT2D eigenvalue weighted by molar-refractivity contribution is -0.121. The van der Waals surface area contributed by atoms with Crippen LogP contribution in [0.1, 0.15) is 17.5 Å². The first-order chi connectivity index (χ1) is 9.67. The van der Waals surface area contributed by atoms with E-state index < -0.39 is 0 Å². The molecule has 5 heteroatoms. The van der Waals surface area contributed by atoms with Crippen LogP contribution in [0.2, 0.25) is 0 Å². The molecule has 0 bridgehead atoms. The molecule has 1 fully saturated rings. The predicted molar refractivity (Wildman–Crippen MR) is 73.3 cm³/mol. The summed E-state index contributed by atoms with van der Waals surface area (Å²) in [6.45, 7) is 2.07. The van der Waals surface area contributed by atoms with E-state index in [1.54, 1.807) is 6.07 Å². The van der Waals surface area contributed by atoms with Crippen LogP contribution in [0, 0.1) is 17.7 Å². The van der Waals surface area contributed by atoms with Gasteiger partial charge in [0.2, 0.25) is 5.91 Å². The van der Waals surface area contributed by atoms with Gasteiger partial charge in [-0.3, -0.25) is 9.69 Å². The highest BCUT2D eigenvalue weighted by atomic mass is 19.1. The van der Waals surface area contributed by atoms with Gasteiger partial charge < -0.3 is 10.4 Å². The number of benzene rings is 1. The van der Waals surface area contributed by atoms with E-state index in [2.05, 4.69) is 17.2 Å². The molecule has 1 aliphatic heterocycles. The van der Waals surface area contributed by atoms with Crippen molar-refractivity contribution in [2.75, 3.05) is 26.2 Å². The van der Waals surface area contributed by atoms with Crippen LogP contribution in [0.3, 0.4) is 0 Å². The first-order valence-corrected chi connectivity index (χ1v) is 6.55. The maximum absolute atomic E-state index is 13.5. The third-order valence-electron chi connectivity index (χ3n) is 3.02. The Balaban J connectivity index is 2.11. The van der Waals surface area contributed by atoms with Gasteiger partial charge in [0.1, 0.15) is 12.4 Å². The number of hydrogen-bond donors (Lipinski definition) is 2. The van der Waals surface area contributed by atoms with Crippen molar-refractivity contribution in [3.05, 3.63) is 35.1 Å². The van der Waals surface area contributed by atoms with E-state index in [4.69, 9.17) is 5.11 Å². The SMILES string of the molecule is O=C1CN(Cc2cc(F)cc(C#CCO)c2)CCCN1. The number of nitrogens with zero attached hydrogens (tertiary/aromatic N) is 1. The second kappa shape index (κ2) is 7.04. The summed E-state index contributed by atoms with van der Waals surface area (Å²) in [5.74, 6) is 4.84. The average Bonchev–Trinajstić information content (AvgIpc) is 2.60. The maximum Gasteiger partial charge on any atom is 0.234 e. The summed E-state index contributed by atoms with van der Waals surface area (Å²) in [6.07, 6.45) is 0.887. The van der Waals surface area contributed by atoms with E-state index in [0.717, 1.165) is 18.5 Å². The lowest BCUT2D eigenvalue weighted by Crippen LogP contribution is -2.32. The number of amides is 1. The van der Waals surface area contributed by atoms with Gasteiger partial charge in [-0.2, -0.15) is 0 Å². The zero-order valence-electron chi connectivity index (χ0n) is 11.2. The van der Waals surface area contributed by atoms with Crippen LogP contribution in [-0.2, 0) is 11.3 Å². The van der Waals surface area contributed by atoms with Crippen LogP contribution in [0.4, 0.5) is 4.39 Å². The monoisotopic (exact) mass is 276 g/mol. The molecule has 4 nitrogen and oxygen atoms in total. The van der Waals surface area contributed by atoms with Gasteiger partial charge in [-0.15, -0.1) is 0 Å². The summed E-state index contributed by atoms with van der Waals surface area (Å²) in [7, 11) is 0. The van der Waals surface area contributed by atoms with Crippen LogP contribution in [0.25, 0.3) is 0 Å². The number of hydrogen-bond acceptors (Lipinski definition) is 3. The molecule has 1 aromatic rings. The molecular formula is C15H17FN2O2. The largest absolute Gasteiger partial charge is 0.384 e. The Kier molecular flexibility index (Phi) is 5.10. The Bertz CT molecular complexity index is 549. The first kappa shape index (κ1) is 14.5. The van der Waals surface area contributed by atoms with E-state index in [-0.39, 0.29) is 18.3 Å². The molecule has 0 aliphatic carbocycles. The predicted octanol–water partition coefficient (Wildman–Crippen LogP) is 0.491. The van der Waals surface area contributed by atoms with Gasteiger partial charge in [0.25, 0.3) is 0 Å². The number of aliphatic hydroxyl groups is 1. The summed E-state index contributed by atoms with van der Waals surface area (Å²) in [4.78, 5) is 13.5. The molecule has 0 unspecified atom stereocenters. The third kappa shape index (κ3) is 4.34. The van der Waals surface area contributed by atoms with Crippen molar-refractivity contribution in [3.8, 4) is 11.8 Å². The van der Waals surface area contributed by atoms with Crippen LogP contribution < -0.4 is 5.32 Å². The fraction of sp³-hybridized carbons (Fsp3) is 0.400. The molecule has 0 atom stereocenters. The minimum absolute atomic E-state index is 0.000742. The molecule has 0 spiro atoms. The molecule has 0 aromatic heterocycles. The topological polar surface area (TPSA) is 52.6 Å². The molecule has 0 radical (unpaired) electrons. The highest BCUT2D eigenvalue weighted by Crippen LogP contribution is 2.12. The number of nitrogens with one attached hydrogen (secondary N) is 1. The minimum atomic E-state index is -0.357. The molecule has 1 amide bonds. The van der Waals surface area contributed by atoms with Gasteiger partial charge in [0, 0.05) is 25.2 Å². The van der Waals surface area contributed by atoms with Gasteiger partial charge in [0.15, 0.2) is 0 Å². The standard InChI is InChI=1S/C15H17FN2O2/c16-14-8-12(3-1-6-19)7-13(9-14)10-18-5-2-4-17-15(20)11-18/h7-9,19H,2,4-6,10-11H2,(H,17,20). The van der Waals surface area contributed by atoms with Crippen molar-refractivity contribution >= 4 is 5.91 Å². The zero-order chi connectivity index (χ0) is 14.4. The second-order valence-electron chi connectivity index (χ2n) is 4.72. The van der Waals surface area contributed by atoms with E-state index in [1.807, 2.05) is 4.90 Å². The van der Waals surface area contributed by atoms with Gasteiger partial charge >= 0.3 is 0 Å². The summed E-state index contributed by atoms with van der Waals surface area (Å²) in [5, 5.41) is 11.5. The van der Waals surface area contributed by atoms with Crippen molar-refractivity contribution in [3.63, 3.8) is 0 Å². The van der Waals surface area contributed by atoms with E-state index >= 15 is 0 Å². The summed E-state index contributed by atoms with van der Waals surface area (Å²) < 4.78 is 13.5. The van der Waals surface area contributed by atoms with Crippen molar-refractivity contribution in [2.45, 2.75) is 13.0 Å². The van der Waals surface area contributed by atoms with Gasteiger partial charge in [-0.1, -0.05) is 11.8 Å². The van der Waals surface area contributed by atoms with Gasteiger partial charge in [-0.05, 0) is 30.2 Å². The Morgan fingerprint density at radius 2 is 2.25 bits per heavy atom. The smallest absolute Gasteiger partial charge is 0.234 e. The molecule has 106 valence electrons. The average molecular weight is 276 g/mol. The van der Waals surface area contributed by atoms with Gasteiger partial charge in [-0.25, -0.2) is 4.39 Å². The Morgan fingerprint density at radius 1 is 1.40 bits per heavy atom. The number of halogens is 1. The molecule has 1 aromatic carbocycles. The first-order valence-electron chi connectivity index (χ1n) is 6.55. The Morgan fingerprint density at radius 3 is 3.05 bits per heavy atom. The van der Waals surface area contributed by atoms with Crippen molar-refractivity contribution in [1.82, 2.24) is 10.2 Å². The number of carbonyl (C=O) groups is 1. The fourth-order valence-corrected chi connectivity index (χ4v) is 2.22.